The van der Waals surface area contributed by atoms with Gasteiger partial charge in [0.05, 0.1) is 0 Å². The van der Waals surface area contributed by atoms with Gasteiger partial charge in [-0.25, -0.2) is 4.79 Å². The average Bonchev–Trinajstić information content (AvgIpc) is 2.68. The fourth-order valence-electron chi connectivity index (χ4n) is 1.05. The number of hydrogen-bond donors (Lipinski definition) is 1. The van der Waals surface area contributed by atoms with Crippen molar-refractivity contribution in [1.82, 2.24) is 4.37 Å². The van der Waals surface area contributed by atoms with E-state index in [4.69, 9.17) is 22.1 Å². The summed E-state index contributed by atoms with van der Waals surface area (Å²) in [4.78, 5) is 11.9. The Kier molecular flexibility index (Phi) is 3.07. The van der Waals surface area contributed by atoms with Crippen LogP contribution in [0.25, 0.3) is 0 Å². The molecule has 0 saturated heterocycles. The molecule has 0 saturated carbocycles. The van der Waals surface area contributed by atoms with Crippen LogP contribution in [0.15, 0.2) is 30.3 Å². The van der Waals surface area contributed by atoms with Gasteiger partial charge in [-0.15, -0.1) is 0 Å². The molecule has 1 heterocycles. The highest BCUT2D eigenvalue weighted by Crippen LogP contribution is 2.18. The van der Waals surface area contributed by atoms with Gasteiger partial charge in [0.15, 0.2) is 0 Å². The van der Waals surface area contributed by atoms with Crippen LogP contribution in [0.2, 0.25) is 5.02 Å². The molecule has 0 aliphatic heterocycles. The number of carbonyl (C=O) groups excluding carboxylic acids is 1. The summed E-state index contributed by atoms with van der Waals surface area (Å²) in [5.41, 5.74) is 5.40. The number of rotatable bonds is 2. The Balaban J connectivity index is 2.10. The molecule has 0 fully saturated rings. The molecule has 82 valence electrons. The second kappa shape index (κ2) is 4.51. The summed E-state index contributed by atoms with van der Waals surface area (Å²) < 4.78 is 8.88. The molecule has 4 nitrogen and oxygen atoms in total. The third kappa shape index (κ3) is 2.50. The van der Waals surface area contributed by atoms with Crippen molar-refractivity contribution in [2.45, 2.75) is 0 Å². The molecule has 1 aromatic heterocycles. The molecule has 0 aliphatic carbocycles. The molecule has 1 aromatic carbocycles. The first kappa shape index (κ1) is 10.9. The van der Waals surface area contributed by atoms with Crippen LogP contribution in [0, 0.1) is 0 Å². The number of nitrogen functional groups attached to an aromatic ring is 1. The van der Waals surface area contributed by atoms with E-state index in [-0.39, 0.29) is 0 Å². The zero-order valence-corrected chi connectivity index (χ0v) is 9.59. The van der Waals surface area contributed by atoms with Gasteiger partial charge in [-0.05, 0) is 35.8 Å². The van der Waals surface area contributed by atoms with Crippen LogP contribution >= 0.6 is 23.1 Å². The number of nitrogens with two attached hydrogens (primary N) is 1. The lowest BCUT2D eigenvalue weighted by molar-refractivity contribution is 0.0740. The molecule has 6 heteroatoms. The van der Waals surface area contributed by atoms with Gasteiger partial charge in [-0.3, -0.25) is 0 Å². The number of hydrogen-bond acceptors (Lipinski definition) is 5. The second-order valence-corrected chi connectivity index (χ2v) is 4.20. The molecule has 0 spiro atoms. The molecule has 0 atom stereocenters. The van der Waals surface area contributed by atoms with Crippen molar-refractivity contribution in [2.24, 2.45) is 0 Å². The monoisotopic (exact) mass is 254 g/mol. The van der Waals surface area contributed by atoms with Crippen LogP contribution in [-0.2, 0) is 0 Å². The maximum absolute atomic E-state index is 11.6. The van der Waals surface area contributed by atoms with E-state index in [1.807, 2.05) is 0 Å². The first-order chi connectivity index (χ1) is 7.65. The predicted octanol–water partition coefficient (Wildman–Crippen LogP) is 2.60. The van der Waals surface area contributed by atoms with Gasteiger partial charge in [-0.1, -0.05) is 11.6 Å². The van der Waals surface area contributed by atoms with Gasteiger partial charge >= 0.3 is 5.97 Å². The van der Waals surface area contributed by atoms with Crippen LogP contribution in [0.4, 0.5) is 5.82 Å². The fourth-order valence-corrected chi connectivity index (χ4v) is 1.72. The SMILES string of the molecule is Nc1cc(C(=O)Oc2ccc(Cl)cc2)sn1. The highest BCUT2D eigenvalue weighted by Gasteiger charge is 2.11. The minimum atomic E-state index is -0.475. The minimum absolute atomic E-state index is 0.313. The van der Waals surface area contributed by atoms with E-state index in [2.05, 4.69) is 4.37 Å². The van der Waals surface area contributed by atoms with Crippen LogP contribution in [-0.4, -0.2) is 10.3 Å². The van der Waals surface area contributed by atoms with Gasteiger partial charge < -0.3 is 10.5 Å². The second-order valence-electron chi connectivity index (χ2n) is 2.96. The Labute approximate surface area is 101 Å². The molecule has 0 unspecified atom stereocenters. The van der Waals surface area contributed by atoms with E-state index < -0.39 is 5.97 Å². The predicted molar refractivity (Wildman–Crippen MR) is 62.9 cm³/mol. The Morgan fingerprint density at radius 2 is 2.06 bits per heavy atom. The topological polar surface area (TPSA) is 65.2 Å². The average molecular weight is 255 g/mol. The fraction of sp³-hybridized carbons (Fsp3) is 0. The number of halogens is 1. The number of aromatic nitrogens is 1. The number of esters is 1. The van der Waals surface area contributed by atoms with Gasteiger partial charge in [0.2, 0.25) is 0 Å². The minimum Gasteiger partial charge on any atom is -0.422 e. The summed E-state index contributed by atoms with van der Waals surface area (Å²) in [6.07, 6.45) is 0. The lowest BCUT2D eigenvalue weighted by Gasteiger charge is -2.01. The molecule has 0 aliphatic rings. The summed E-state index contributed by atoms with van der Waals surface area (Å²) in [5, 5.41) is 0.585. The third-order valence-corrected chi connectivity index (χ3v) is 2.79. The van der Waals surface area contributed by atoms with E-state index in [0.29, 0.717) is 21.5 Å². The van der Waals surface area contributed by atoms with E-state index in [1.54, 1.807) is 24.3 Å². The molecular weight excluding hydrogens is 248 g/mol. The van der Waals surface area contributed by atoms with Crippen molar-refractivity contribution in [3.8, 4) is 5.75 Å². The van der Waals surface area contributed by atoms with Crippen LogP contribution in [0.5, 0.6) is 5.75 Å². The lowest BCUT2D eigenvalue weighted by Crippen LogP contribution is -2.06. The summed E-state index contributed by atoms with van der Waals surface area (Å²) in [6.45, 7) is 0. The van der Waals surface area contributed by atoms with Crippen LogP contribution in [0.1, 0.15) is 9.67 Å². The van der Waals surface area contributed by atoms with Gasteiger partial charge in [-0.2, -0.15) is 4.37 Å². The third-order valence-electron chi connectivity index (χ3n) is 1.75. The molecule has 2 N–H and O–H groups in total. The molecule has 2 rings (SSSR count). The van der Waals surface area contributed by atoms with E-state index in [0.717, 1.165) is 11.5 Å². The maximum Gasteiger partial charge on any atom is 0.355 e. The van der Waals surface area contributed by atoms with E-state index >= 15 is 0 Å². The first-order valence-electron chi connectivity index (χ1n) is 4.35. The largest absolute Gasteiger partial charge is 0.422 e. The Hall–Kier alpha value is -1.59. The van der Waals surface area contributed by atoms with Crippen molar-refractivity contribution in [3.63, 3.8) is 0 Å². The lowest BCUT2D eigenvalue weighted by atomic mass is 10.3. The maximum atomic E-state index is 11.6. The Morgan fingerprint density at radius 1 is 1.38 bits per heavy atom. The summed E-state index contributed by atoms with van der Waals surface area (Å²) in [5.74, 6) is 0.269. The van der Waals surface area contributed by atoms with E-state index in [1.165, 1.54) is 6.07 Å². The first-order valence-corrected chi connectivity index (χ1v) is 5.50. The standard InChI is InChI=1S/C10H7ClN2O2S/c11-6-1-3-7(4-2-6)15-10(14)8-5-9(12)13-16-8/h1-5H,(H2,12,13). The molecule has 2 aromatic rings. The Morgan fingerprint density at radius 3 is 2.62 bits per heavy atom. The highest BCUT2D eigenvalue weighted by molar-refractivity contribution is 7.08. The van der Waals surface area contributed by atoms with E-state index in [9.17, 15) is 4.79 Å². The summed E-state index contributed by atoms with van der Waals surface area (Å²) in [6, 6.07) is 7.99. The van der Waals surface area contributed by atoms with Crippen molar-refractivity contribution >= 4 is 34.9 Å². The summed E-state index contributed by atoms with van der Waals surface area (Å²) >= 11 is 6.71. The normalized spacial score (nSPS) is 10.1. The zero-order valence-electron chi connectivity index (χ0n) is 8.01. The Bertz CT molecular complexity index is 510. The number of benzene rings is 1. The van der Waals surface area contributed by atoms with Crippen molar-refractivity contribution in [2.75, 3.05) is 5.73 Å². The quantitative estimate of drug-likeness (QED) is 0.661. The number of ether oxygens (including phenoxy) is 1. The van der Waals surface area contributed by atoms with Crippen molar-refractivity contribution in [3.05, 3.63) is 40.2 Å². The molecule has 0 bridgehead atoms. The van der Waals surface area contributed by atoms with Gasteiger partial charge in [0.25, 0.3) is 0 Å². The van der Waals surface area contributed by atoms with Crippen LogP contribution < -0.4 is 10.5 Å². The zero-order chi connectivity index (χ0) is 11.5. The van der Waals surface area contributed by atoms with Gasteiger partial charge in [0.1, 0.15) is 16.4 Å². The molecular formula is C10H7ClN2O2S. The number of nitrogens with zero attached hydrogens (tertiary/aromatic N) is 1. The van der Waals surface area contributed by atoms with Gasteiger partial charge in [0, 0.05) is 11.1 Å². The molecule has 0 radical (unpaired) electrons. The smallest absolute Gasteiger partial charge is 0.355 e. The van der Waals surface area contributed by atoms with Crippen molar-refractivity contribution in [1.29, 1.82) is 0 Å². The number of anilines is 1. The van der Waals surface area contributed by atoms with Crippen molar-refractivity contribution < 1.29 is 9.53 Å². The highest BCUT2D eigenvalue weighted by atomic mass is 35.5. The molecule has 16 heavy (non-hydrogen) atoms. The summed E-state index contributed by atoms with van der Waals surface area (Å²) in [7, 11) is 0. The molecule has 0 amide bonds. The van der Waals surface area contributed by atoms with Crippen LogP contribution in [0.3, 0.4) is 0 Å². The number of carbonyl (C=O) groups is 1.